The number of non-ortho nitro benzene ring substituents is 1. The Kier molecular flexibility index (Phi) is 4.47. The molecular weight excluding hydrogens is 254 g/mol. The lowest BCUT2D eigenvalue weighted by molar-refractivity contribution is -0.384. The minimum absolute atomic E-state index is 0.130. The van der Waals surface area contributed by atoms with E-state index in [9.17, 15) is 10.1 Å². The second-order valence-electron chi connectivity index (χ2n) is 5.62. The van der Waals surface area contributed by atoms with Crippen molar-refractivity contribution in [2.24, 2.45) is 5.41 Å². The smallest absolute Gasteiger partial charge is 0.273 e. The van der Waals surface area contributed by atoms with Crippen molar-refractivity contribution >= 4 is 17.1 Å². The number of hydrogen-bond acceptors (Lipinski definition) is 4. The number of rotatable bonds is 7. The van der Waals surface area contributed by atoms with E-state index in [1.54, 1.807) is 12.1 Å². The van der Waals surface area contributed by atoms with E-state index in [4.69, 9.17) is 0 Å². The Hall–Kier alpha value is -1.78. The predicted octanol–water partition coefficient (Wildman–Crippen LogP) is 4.02. The number of hydrogen-bond donors (Lipinski definition) is 2. The Morgan fingerprint density at radius 2 is 1.85 bits per heavy atom. The molecule has 1 fully saturated rings. The van der Waals surface area contributed by atoms with Gasteiger partial charge in [-0.05, 0) is 37.7 Å². The Morgan fingerprint density at radius 1 is 1.20 bits per heavy atom. The van der Waals surface area contributed by atoms with Crippen LogP contribution in [-0.4, -0.2) is 18.0 Å². The molecule has 0 aliphatic heterocycles. The van der Waals surface area contributed by atoms with E-state index < -0.39 is 0 Å². The molecule has 0 amide bonds. The molecule has 0 spiro atoms. The van der Waals surface area contributed by atoms with Gasteiger partial charge in [-0.15, -0.1) is 0 Å². The average molecular weight is 277 g/mol. The summed E-state index contributed by atoms with van der Waals surface area (Å²) in [6, 6.07) is 5.13. The van der Waals surface area contributed by atoms with Gasteiger partial charge in [0.15, 0.2) is 0 Å². The molecule has 20 heavy (non-hydrogen) atoms. The molecule has 1 aliphatic rings. The van der Waals surface area contributed by atoms with Crippen molar-refractivity contribution in [3.05, 3.63) is 28.3 Å². The fraction of sp³-hybridized carbons (Fsp3) is 0.600. The Morgan fingerprint density at radius 3 is 2.30 bits per heavy atom. The van der Waals surface area contributed by atoms with Crippen LogP contribution < -0.4 is 10.6 Å². The molecule has 1 aromatic carbocycles. The summed E-state index contributed by atoms with van der Waals surface area (Å²) in [5, 5.41) is 17.5. The Bertz CT molecular complexity index is 478. The fourth-order valence-corrected chi connectivity index (χ4v) is 2.75. The van der Waals surface area contributed by atoms with Crippen molar-refractivity contribution in [3.8, 4) is 0 Å². The molecule has 1 saturated carbocycles. The van der Waals surface area contributed by atoms with Crippen LogP contribution in [-0.2, 0) is 0 Å². The third kappa shape index (κ3) is 3.21. The highest BCUT2D eigenvalue weighted by Gasteiger charge is 2.34. The molecule has 110 valence electrons. The third-order valence-corrected chi connectivity index (χ3v) is 4.34. The van der Waals surface area contributed by atoms with E-state index in [2.05, 4.69) is 17.6 Å². The molecule has 0 radical (unpaired) electrons. The van der Waals surface area contributed by atoms with Crippen molar-refractivity contribution < 1.29 is 4.92 Å². The first-order chi connectivity index (χ1) is 9.58. The second kappa shape index (κ2) is 6.11. The zero-order chi connectivity index (χ0) is 14.6. The normalized spacial score (nSPS) is 16.3. The van der Waals surface area contributed by atoms with Crippen LogP contribution in [0.4, 0.5) is 17.1 Å². The van der Waals surface area contributed by atoms with Crippen LogP contribution >= 0.6 is 0 Å². The van der Waals surface area contributed by atoms with Crippen molar-refractivity contribution in [3.63, 3.8) is 0 Å². The Labute approximate surface area is 119 Å². The standard InChI is InChI=1S/C15H23N3O2/c1-3-15(6-5-7-15)11-17-13-8-12(16-4-2)9-14(10-13)18(19)20/h8-10,16-17H,3-7,11H2,1-2H3. The summed E-state index contributed by atoms with van der Waals surface area (Å²) in [7, 11) is 0. The van der Waals surface area contributed by atoms with Crippen molar-refractivity contribution in [2.45, 2.75) is 39.5 Å². The molecule has 0 saturated heterocycles. The van der Waals surface area contributed by atoms with Crippen LogP contribution in [0.25, 0.3) is 0 Å². The largest absolute Gasteiger partial charge is 0.385 e. The van der Waals surface area contributed by atoms with E-state index in [0.29, 0.717) is 5.41 Å². The monoisotopic (exact) mass is 277 g/mol. The summed E-state index contributed by atoms with van der Waals surface area (Å²) >= 11 is 0. The lowest BCUT2D eigenvalue weighted by atomic mass is 9.67. The molecule has 1 aromatic rings. The van der Waals surface area contributed by atoms with Gasteiger partial charge >= 0.3 is 0 Å². The average Bonchev–Trinajstić information content (AvgIpc) is 2.38. The highest BCUT2D eigenvalue weighted by atomic mass is 16.6. The highest BCUT2D eigenvalue weighted by Crippen LogP contribution is 2.43. The SMILES string of the molecule is CCNc1cc(NCC2(CC)CCC2)cc([N+](=O)[O-])c1. The van der Waals surface area contributed by atoms with Crippen molar-refractivity contribution in [2.75, 3.05) is 23.7 Å². The van der Waals surface area contributed by atoms with Crippen molar-refractivity contribution in [1.29, 1.82) is 0 Å². The predicted molar refractivity (Wildman–Crippen MR) is 82.3 cm³/mol. The number of nitro benzene ring substituents is 1. The van der Waals surface area contributed by atoms with Gasteiger partial charge in [-0.25, -0.2) is 0 Å². The summed E-state index contributed by atoms with van der Waals surface area (Å²) in [4.78, 5) is 10.6. The molecule has 5 heteroatoms. The molecule has 1 aliphatic carbocycles. The summed E-state index contributed by atoms with van der Waals surface area (Å²) < 4.78 is 0. The van der Waals surface area contributed by atoms with Crippen LogP contribution in [0.5, 0.6) is 0 Å². The van der Waals surface area contributed by atoms with E-state index in [-0.39, 0.29) is 10.6 Å². The maximum Gasteiger partial charge on any atom is 0.273 e. The first kappa shape index (κ1) is 14.6. The van der Waals surface area contributed by atoms with Gasteiger partial charge in [-0.2, -0.15) is 0 Å². The van der Waals surface area contributed by atoms with Gasteiger partial charge in [0.25, 0.3) is 5.69 Å². The molecular formula is C15H23N3O2. The van der Waals surface area contributed by atoms with Gasteiger partial charge in [-0.1, -0.05) is 13.3 Å². The molecule has 5 nitrogen and oxygen atoms in total. The van der Waals surface area contributed by atoms with E-state index in [1.807, 2.05) is 13.0 Å². The minimum Gasteiger partial charge on any atom is -0.385 e. The number of benzene rings is 1. The first-order valence-electron chi connectivity index (χ1n) is 7.36. The van der Waals surface area contributed by atoms with Crippen molar-refractivity contribution in [1.82, 2.24) is 0 Å². The molecule has 0 atom stereocenters. The first-order valence-corrected chi connectivity index (χ1v) is 7.36. The zero-order valence-corrected chi connectivity index (χ0v) is 12.2. The summed E-state index contributed by atoms with van der Waals surface area (Å²) in [5.41, 5.74) is 2.14. The quantitative estimate of drug-likeness (QED) is 0.583. The lowest BCUT2D eigenvalue weighted by Gasteiger charge is -2.41. The molecule has 0 unspecified atom stereocenters. The van der Waals surface area contributed by atoms with Crippen LogP contribution in [0.3, 0.4) is 0 Å². The number of nitro groups is 1. The van der Waals surface area contributed by atoms with Gasteiger partial charge in [0.1, 0.15) is 0 Å². The van der Waals surface area contributed by atoms with Gasteiger partial charge in [-0.3, -0.25) is 10.1 Å². The number of nitrogens with zero attached hydrogens (tertiary/aromatic N) is 1. The van der Waals surface area contributed by atoms with Gasteiger partial charge in [0.05, 0.1) is 4.92 Å². The van der Waals surface area contributed by atoms with Crippen LogP contribution in [0.15, 0.2) is 18.2 Å². The summed E-state index contributed by atoms with van der Waals surface area (Å²) in [6.07, 6.45) is 4.97. The molecule has 2 N–H and O–H groups in total. The molecule has 0 aromatic heterocycles. The van der Waals surface area contributed by atoms with Gasteiger partial charge in [0.2, 0.25) is 0 Å². The number of nitrogens with one attached hydrogen (secondary N) is 2. The Balaban J connectivity index is 2.11. The topological polar surface area (TPSA) is 67.2 Å². The lowest BCUT2D eigenvalue weighted by Crippen LogP contribution is -2.35. The van der Waals surface area contributed by atoms with E-state index in [1.165, 1.54) is 19.3 Å². The maximum atomic E-state index is 11.0. The molecule has 2 rings (SSSR count). The van der Waals surface area contributed by atoms with E-state index >= 15 is 0 Å². The molecule has 0 heterocycles. The van der Waals surface area contributed by atoms with Gasteiger partial charge < -0.3 is 10.6 Å². The fourth-order valence-electron chi connectivity index (χ4n) is 2.75. The third-order valence-electron chi connectivity index (χ3n) is 4.34. The summed E-state index contributed by atoms with van der Waals surface area (Å²) in [5.74, 6) is 0. The summed E-state index contributed by atoms with van der Waals surface area (Å²) in [6.45, 7) is 5.85. The molecule has 0 bridgehead atoms. The maximum absolute atomic E-state index is 11.0. The van der Waals surface area contributed by atoms with E-state index in [0.717, 1.165) is 30.9 Å². The van der Waals surface area contributed by atoms with Crippen LogP contribution in [0.1, 0.15) is 39.5 Å². The van der Waals surface area contributed by atoms with Crippen LogP contribution in [0.2, 0.25) is 0 Å². The minimum atomic E-state index is -0.342. The highest BCUT2D eigenvalue weighted by molar-refractivity contribution is 5.63. The zero-order valence-electron chi connectivity index (χ0n) is 12.2. The second-order valence-corrected chi connectivity index (χ2v) is 5.62. The number of anilines is 2. The van der Waals surface area contributed by atoms with Gasteiger partial charge in [0, 0.05) is 36.6 Å². The van der Waals surface area contributed by atoms with Crippen LogP contribution in [0, 0.1) is 15.5 Å².